The maximum absolute atomic E-state index is 12.9. The molecule has 3 heterocycles. The van der Waals surface area contributed by atoms with Gasteiger partial charge < -0.3 is 23.8 Å². The summed E-state index contributed by atoms with van der Waals surface area (Å²) < 4.78 is 22.4. The van der Waals surface area contributed by atoms with Gasteiger partial charge in [-0.05, 0) is 14.1 Å². The Hall–Kier alpha value is -2.52. The fraction of sp³-hybridized carbons (Fsp3) is 0.412. The third kappa shape index (κ3) is 3.27. The summed E-state index contributed by atoms with van der Waals surface area (Å²) in [5.41, 5.74) is 0.770. The summed E-state index contributed by atoms with van der Waals surface area (Å²) in [5.74, 6) is 1.31. The Labute approximate surface area is 154 Å². The van der Waals surface area contributed by atoms with Crippen molar-refractivity contribution in [3.63, 3.8) is 0 Å². The highest BCUT2D eigenvalue weighted by Crippen LogP contribution is 2.40. The van der Waals surface area contributed by atoms with Crippen LogP contribution in [0.1, 0.15) is 0 Å². The molecule has 2 aromatic rings. The molecule has 0 bridgehead atoms. The fourth-order valence-corrected chi connectivity index (χ4v) is 3.62. The Morgan fingerprint density at radius 2 is 1.96 bits per heavy atom. The molecule has 2 aliphatic heterocycles. The van der Waals surface area contributed by atoms with E-state index >= 15 is 0 Å². The van der Waals surface area contributed by atoms with Crippen LogP contribution in [0.4, 0.5) is 5.13 Å². The monoisotopic (exact) mass is 377 g/mol. The summed E-state index contributed by atoms with van der Waals surface area (Å²) in [6.45, 7) is 2.21. The van der Waals surface area contributed by atoms with Gasteiger partial charge in [0.1, 0.15) is 19.5 Å². The first-order valence-corrected chi connectivity index (χ1v) is 9.05. The normalized spacial score (nSPS) is 15.6. The summed E-state index contributed by atoms with van der Waals surface area (Å²) in [6, 6.07) is 3.73. The summed E-state index contributed by atoms with van der Waals surface area (Å²) in [4.78, 5) is 21.2. The summed E-state index contributed by atoms with van der Waals surface area (Å²) in [5, 5.41) is 0.602. The SMILES string of the molecule is CN(C)CCN(C(=O)C1=COCCO1)c1nc2cc3c(cc2s1)OCO3. The lowest BCUT2D eigenvalue weighted by atomic mass is 10.3. The number of anilines is 1. The molecule has 0 atom stereocenters. The van der Waals surface area contributed by atoms with E-state index in [-0.39, 0.29) is 18.5 Å². The Morgan fingerprint density at radius 1 is 1.15 bits per heavy atom. The van der Waals surface area contributed by atoms with Crippen molar-refractivity contribution in [2.24, 2.45) is 0 Å². The Balaban J connectivity index is 1.67. The van der Waals surface area contributed by atoms with Crippen LogP contribution in [0.2, 0.25) is 0 Å². The standard InChI is InChI=1S/C17H19N3O5S/c1-19(2)3-4-20(16(21)14-9-22-5-6-23-14)17-18-11-7-12-13(25-10-24-12)8-15(11)26-17/h7-9H,3-6,10H2,1-2H3. The van der Waals surface area contributed by atoms with Crippen LogP contribution in [0.5, 0.6) is 11.5 Å². The van der Waals surface area contributed by atoms with Gasteiger partial charge in [-0.15, -0.1) is 0 Å². The van der Waals surface area contributed by atoms with Crippen molar-refractivity contribution in [3.8, 4) is 11.5 Å². The lowest BCUT2D eigenvalue weighted by Gasteiger charge is -2.24. The van der Waals surface area contributed by atoms with Crippen molar-refractivity contribution in [3.05, 3.63) is 24.2 Å². The van der Waals surface area contributed by atoms with Gasteiger partial charge in [0, 0.05) is 25.2 Å². The topological polar surface area (TPSA) is 73.4 Å². The Bertz CT molecular complexity index is 822. The molecule has 1 amide bonds. The molecule has 26 heavy (non-hydrogen) atoms. The van der Waals surface area contributed by atoms with E-state index in [0.29, 0.717) is 42.9 Å². The van der Waals surface area contributed by atoms with Crippen LogP contribution in [0, 0.1) is 0 Å². The smallest absolute Gasteiger partial charge is 0.298 e. The van der Waals surface area contributed by atoms with E-state index in [1.54, 1.807) is 4.90 Å². The zero-order valence-corrected chi connectivity index (χ0v) is 15.4. The van der Waals surface area contributed by atoms with Crippen molar-refractivity contribution in [2.45, 2.75) is 0 Å². The Morgan fingerprint density at radius 3 is 2.69 bits per heavy atom. The third-order valence-electron chi connectivity index (χ3n) is 3.98. The van der Waals surface area contributed by atoms with E-state index in [4.69, 9.17) is 18.9 Å². The van der Waals surface area contributed by atoms with Gasteiger partial charge in [-0.2, -0.15) is 0 Å². The van der Waals surface area contributed by atoms with Gasteiger partial charge in [-0.25, -0.2) is 4.98 Å². The lowest BCUT2D eigenvalue weighted by molar-refractivity contribution is -0.119. The van der Waals surface area contributed by atoms with Gasteiger partial charge in [0.25, 0.3) is 5.91 Å². The minimum absolute atomic E-state index is 0.198. The number of carbonyl (C=O) groups excluding carboxylic acids is 1. The van der Waals surface area contributed by atoms with Crippen LogP contribution in [0.25, 0.3) is 10.2 Å². The van der Waals surface area contributed by atoms with Gasteiger partial charge in [0.2, 0.25) is 12.6 Å². The maximum Gasteiger partial charge on any atom is 0.298 e. The number of benzene rings is 1. The zero-order valence-electron chi connectivity index (χ0n) is 14.6. The number of likely N-dealkylation sites (N-methyl/N-ethyl adjacent to an activating group) is 1. The first-order valence-electron chi connectivity index (χ1n) is 8.23. The molecular weight excluding hydrogens is 358 g/mol. The van der Waals surface area contributed by atoms with Crippen molar-refractivity contribution < 1.29 is 23.7 Å². The van der Waals surface area contributed by atoms with Gasteiger partial charge in [0.05, 0.1) is 10.2 Å². The number of thiazole rings is 1. The minimum Gasteiger partial charge on any atom is -0.494 e. The van der Waals surface area contributed by atoms with E-state index < -0.39 is 0 Å². The van der Waals surface area contributed by atoms with Gasteiger partial charge in [-0.1, -0.05) is 11.3 Å². The molecular formula is C17H19N3O5S. The average molecular weight is 377 g/mol. The number of ether oxygens (including phenoxy) is 4. The first kappa shape index (κ1) is 16.9. The van der Waals surface area contributed by atoms with Crippen molar-refractivity contribution in [2.75, 3.05) is 52.1 Å². The second-order valence-electron chi connectivity index (χ2n) is 6.13. The number of amides is 1. The van der Waals surface area contributed by atoms with E-state index in [9.17, 15) is 4.79 Å². The molecule has 0 saturated carbocycles. The molecule has 0 aliphatic carbocycles. The number of hydrogen-bond donors (Lipinski definition) is 0. The predicted molar refractivity (Wildman–Crippen MR) is 96.6 cm³/mol. The van der Waals surface area contributed by atoms with Crippen LogP contribution in [0.15, 0.2) is 24.2 Å². The van der Waals surface area contributed by atoms with Gasteiger partial charge in [0.15, 0.2) is 16.6 Å². The molecule has 0 N–H and O–H groups in total. The highest BCUT2D eigenvalue weighted by atomic mass is 32.1. The number of aromatic nitrogens is 1. The van der Waals surface area contributed by atoms with Gasteiger partial charge in [-0.3, -0.25) is 9.69 Å². The average Bonchev–Trinajstić information content (AvgIpc) is 3.25. The number of nitrogens with zero attached hydrogens (tertiary/aromatic N) is 3. The zero-order chi connectivity index (χ0) is 18.1. The molecule has 0 spiro atoms. The van der Waals surface area contributed by atoms with E-state index in [0.717, 1.165) is 10.2 Å². The molecule has 0 fully saturated rings. The van der Waals surface area contributed by atoms with Crippen LogP contribution >= 0.6 is 11.3 Å². The fourth-order valence-electron chi connectivity index (χ4n) is 2.62. The minimum atomic E-state index is -0.259. The molecule has 0 unspecified atom stereocenters. The largest absolute Gasteiger partial charge is 0.494 e. The van der Waals surface area contributed by atoms with E-state index in [1.165, 1.54) is 17.6 Å². The molecule has 4 rings (SSSR count). The number of carbonyl (C=O) groups is 1. The van der Waals surface area contributed by atoms with Crippen LogP contribution in [-0.4, -0.2) is 63.0 Å². The van der Waals surface area contributed by atoms with Crippen LogP contribution in [-0.2, 0) is 14.3 Å². The highest BCUT2D eigenvalue weighted by Gasteiger charge is 2.27. The van der Waals surface area contributed by atoms with Crippen LogP contribution in [0.3, 0.4) is 0 Å². The second-order valence-corrected chi connectivity index (χ2v) is 7.14. The second kappa shape index (κ2) is 7.00. The maximum atomic E-state index is 12.9. The highest BCUT2D eigenvalue weighted by molar-refractivity contribution is 7.22. The number of hydrogen-bond acceptors (Lipinski definition) is 8. The molecule has 0 saturated heterocycles. The lowest BCUT2D eigenvalue weighted by Crippen LogP contribution is -2.38. The van der Waals surface area contributed by atoms with Crippen molar-refractivity contribution in [1.82, 2.24) is 9.88 Å². The molecule has 1 aromatic heterocycles. The third-order valence-corrected chi connectivity index (χ3v) is 5.02. The quantitative estimate of drug-likeness (QED) is 0.787. The summed E-state index contributed by atoms with van der Waals surface area (Å²) in [6.07, 6.45) is 1.37. The number of fused-ring (bicyclic) bond motifs is 2. The molecule has 138 valence electrons. The summed E-state index contributed by atoms with van der Waals surface area (Å²) >= 11 is 1.43. The summed E-state index contributed by atoms with van der Waals surface area (Å²) in [7, 11) is 3.92. The number of rotatable bonds is 5. The molecule has 2 aliphatic rings. The molecule has 8 nitrogen and oxygen atoms in total. The van der Waals surface area contributed by atoms with E-state index in [1.807, 2.05) is 31.1 Å². The molecule has 1 aromatic carbocycles. The van der Waals surface area contributed by atoms with Crippen molar-refractivity contribution >= 4 is 32.6 Å². The van der Waals surface area contributed by atoms with Crippen LogP contribution < -0.4 is 14.4 Å². The molecule has 0 radical (unpaired) electrons. The predicted octanol–water partition coefficient (Wildman–Crippen LogP) is 1.81. The van der Waals surface area contributed by atoms with E-state index in [2.05, 4.69) is 4.98 Å². The molecule has 9 heteroatoms. The first-order chi connectivity index (χ1) is 12.6. The van der Waals surface area contributed by atoms with Gasteiger partial charge >= 0.3 is 0 Å². The Kier molecular flexibility index (Phi) is 4.56. The van der Waals surface area contributed by atoms with Crippen molar-refractivity contribution in [1.29, 1.82) is 0 Å².